The molecule has 0 saturated carbocycles. The second kappa shape index (κ2) is 9.24. The third kappa shape index (κ3) is 5.02. The molecule has 0 radical (unpaired) electrons. The van der Waals surface area contributed by atoms with Gasteiger partial charge in [-0.3, -0.25) is 9.59 Å². The maximum atomic E-state index is 13.6. The molecule has 1 aliphatic heterocycles. The summed E-state index contributed by atoms with van der Waals surface area (Å²) >= 11 is 7.76. The molecular weight excluding hydrogens is 387 g/mol. The van der Waals surface area contributed by atoms with Gasteiger partial charge in [-0.1, -0.05) is 29.8 Å². The Bertz CT molecular complexity index is 846. The van der Waals surface area contributed by atoms with Gasteiger partial charge in [0.1, 0.15) is 5.82 Å². The molecule has 1 saturated heterocycles. The predicted octanol–water partition coefficient (Wildman–Crippen LogP) is 4.27. The summed E-state index contributed by atoms with van der Waals surface area (Å²) in [4.78, 5) is 25.9. The molecule has 2 aromatic carbocycles. The predicted molar refractivity (Wildman–Crippen MR) is 108 cm³/mol. The number of thioether (sulfide) groups is 1. The van der Waals surface area contributed by atoms with Crippen LogP contribution >= 0.6 is 23.4 Å². The molecule has 2 aromatic rings. The topological polar surface area (TPSA) is 49.4 Å². The Morgan fingerprint density at radius 3 is 2.81 bits per heavy atom. The molecule has 142 valence electrons. The third-order valence-corrected chi connectivity index (χ3v) is 5.65. The van der Waals surface area contributed by atoms with E-state index in [-0.39, 0.29) is 17.6 Å². The number of rotatable bonds is 7. The Hall–Kier alpha value is -2.05. The number of nitrogens with zero attached hydrogens (tertiary/aromatic N) is 1. The van der Waals surface area contributed by atoms with Crippen LogP contribution in [-0.4, -0.2) is 30.7 Å². The van der Waals surface area contributed by atoms with Crippen molar-refractivity contribution >= 4 is 40.9 Å². The van der Waals surface area contributed by atoms with Gasteiger partial charge in [0.25, 0.3) is 5.91 Å². The molecule has 1 aliphatic rings. The van der Waals surface area contributed by atoms with E-state index in [9.17, 15) is 14.0 Å². The Morgan fingerprint density at radius 1 is 1.26 bits per heavy atom. The summed E-state index contributed by atoms with van der Waals surface area (Å²) in [6, 6.07) is 11.6. The molecule has 0 aromatic heterocycles. The molecular formula is C20H20ClFN2O2S. The largest absolute Gasteiger partial charge is 0.351 e. The quantitative estimate of drug-likeness (QED) is 0.698. The van der Waals surface area contributed by atoms with E-state index >= 15 is 0 Å². The number of hydrogen-bond acceptors (Lipinski definition) is 3. The van der Waals surface area contributed by atoms with Gasteiger partial charge < -0.3 is 10.2 Å². The number of carbonyl (C=O) groups excluding carboxylic acids is 2. The number of amides is 2. The summed E-state index contributed by atoms with van der Waals surface area (Å²) in [5, 5.41) is 3.31. The smallest absolute Gasteiger partial charge is 0.251 e. The SMILES string of the molecule is O=C(NCCSCc1ccccc1F)c1ccc(Cl)c(N2CCCC2=O)c1. The molecule has 2 amide bonds. The fourth-order valence-corrected chi connectivity index (χ4v) is 3.96. The van der Waals surface area contributed by atoms with Crippen LogP contribution in [0.1, 0.15) is 28.8 Å². The molecule has 0 atom stereocenters. The molecule has 27 heavy (non-hydrogen) atoms. The van der Waals surface area contributed by atoms with Crippen LogP contribution in [0.25, 0.3) is 0 Å². The van der Waals surface area contributed by atoms with Crippen molar-refractivity contribution in [1.82, 2.24) is 5.32 Å². The Balaban J connectivity index is 1.51. The second-order valence-electron chi connectivity index (χ2n) is 6.22. The molecule has 0 bridgehead atoms. The molecule has 0 aliphatic carbocycles. The van der Waals surface area contributed by atoms with Crippen molar-refractivity contribution in [2.75, 3.05) is 23.7 Å². The van der Waals surface area contributed by atoms with Gasteiger partial charge in [-0.25, -0.2) is 4.39 Å². The zero-order valence-corrected chi connectivity index (χ0v) is 16.3. The van der Waals surface area contributed by atoms with Gasteiger partial charge in [0.15, 0.2) is 0 Å². The van der Waals surface area contributed by atoms with Crippen LogP contribution < -0.4 is 10.2 Å². The Kier molecular flexibility index (Phi) is 6.74. The van der Waals surface area contributed by atoms with Crippen LogP contribution in [0, 0.1) is 5.82 Å². The first-order valence-corrected chi connectivity index (χ1v) is 10.3. The van der Waals surface area contributed by atoms with E-state index in [1.54, 1.807) is 47.0 Å². The molecule has 0 spiro atoms. The van der Waals surface area contributed by atoms with E-state index < -0.39 is 0 Å². The lowest BCUT2D eigenvalue weighted by Crippen LogP contribution is -2.27. The average molecular weight is 407 g/mol. The maximum absolute atomic E-state index is 13.6. The zero-order valence-electron chi connectivity index (χ0n) is 14.7. The van der Waals surface area contributed by atoms with Crippen molar-refractivity contribution in [1.29, 1.82) is 0 Å². The number of halogens is 2. The number of benzene rings is 2. The normalized spacial score (nSPS) is 13.9. The first-order valence-electron chi connectivity index (χ1n) is 8.75. The summed E-state index contributed by atoms with van der Waals surface area (Å²) in [6.07, 6.45) is 1.30. The highest BCUT2D eigenvalue weighted by Gasteiger charge is 2.24. The van der Waals surface area contributed by atoms with Crippen molar-refractivity contribution in [3.05, 3.63) is 64.4 Å². The Morgan fingerprint density at radius 2 is 2.07 bits per heavy atom. The van der Waals surface area contributed by atoms with Crippen LogP contribution in [0.5, 0.6) is 0 Å². The van der Waals surface area contributed by atoms with Crippen LogP contribution in [0.4, 0.5) is 10.1 Å². The highest BCUT2D eigenvalue weighted by molar-refractivity contribution is 7.98. The number of hydrogen-bond donors (Lipinski definition) is 1. The lowest BCUT2D eigenvalue weighted by atomic mass is 10.1. The van der Waals surface area contributed by atoms with Crippen molar-refractivity contribution < 1.29 is 14.0 Å². The van der Waals surface area contributed by atoms with E-state index in [1.165, 1.54) is 6.07 Å². The van der Waals surface area contributed by atoms with Crippen molar-refractivity contribution in [2.45, 2.75) is 18.6 Å². The van der Waals surface area contributed by atoms with Gasteiger partial charge in [-0.05, 0) is 36.2 Å². The van der Waals surface area contributed by atoms with Gasteiger partial charge in [-0.2, -0.15) is 11.8 Å². The standard InChI is InChI=1S/C20H20ClFN2O2S/c21-16-8-7-14(12-18(16)24-10-3-6-19(24)25)20(26)23-9-11-27-13-15-4-1-2-5-17(15)22/h1-2,4-5,7-8,12H,3,6,9-11,13H2,(H,23,26). The minimum atomic E-state index is -0.217. The fraction of sp³-hybridized carbons (Fsp3) is 0.300. The van der Waals surface area contributed by atoms with Crippen molar-refractivity contribution in [3.8, 4) is 0 Å². The Labute approximate surface area is 167 Å². The van der Waals surface area contributed by atoms with Gasteiger partial charge in [0.2, 0.25) is 5.91 Å². The van der Waals surface area contributed by atoms with Crippen molar-refractivity contribution in [2.24, 2.45) is 0 Å². The van der Waals surface area contributed by atoms with Crippen LogP contribution in [0.3, 0.4) is 0 Å². The summed E-state index contributed by atoms with van der Waals surface area (Å²) in [5.74, 6) is 0.833. The third-order valence-electron chi connectivity index (χ3n) is 4.32. The zero-order chi connectivity index (χ0) is 19.2. The van der Waals surface area contributed by atoms with Crippen LogP contribution in [0.2, 0.25) is 5.02 Å². The van der Waals surface area contributed by atoms with Crippen LogP contribution in [-0.2, 0) is 10.5 Å². The van der Waals surface area contributed by atoms with E-state index in [0.29, 0.717) is 52.9 Å². The lowest BCUT2D eigenvalue weighted by Gasteiger charge is -2.18. The molecule has 4 nitrogen and oxygen atoms in total. The summed E-state index contributed by atoms with van der Waals surface area (Å²) in [5.41, 5.74) is 1.71. The first-order chi connectivity index (χ1) is 13.1. The minimum absolute atomic E-state index is 0.0269. The monoisotopic (exact) mass is 406 g/mol. The lowest BCUT2D eigenvalue weighted by molar-refractivity contribution is -0.117. The fourth-order valence-electron chi connectivity index (χ4n) is 2.90. The molecule has 1 N–H and O–H groups in total. The highest BCUT2D eigenvalue weighted by atomic mass is 35.5. The maximum Gasteiger partial charge on any atom is 0.251 e. The first kappa shape index (κ1) is 19.7. The van der Waals surface area contributed by atoms with Gasteiger partial charge in [-0.15, -0.1) is 0 Å². The number of anilines is 1. The van der Waals surface area contributed by atoms with Crippen LogP contribution in [0.15, 0.2) is 42.5 Å². The van der Waals surface area contributed by atoms with E-state index in [1.807, 2.05) is 6.07 Å². The molecule has 1 heterocycles. The summed E-state index contributed by atoms with van der Waals surface area (Å²) in [7, 11) is 0. The van der Waals surface area contributed by atoms with Crippen molar-refractivity contribution in [3.63, 3.8) is 0 Å². The number of carbonyl (C=O) groups is 2. The highest BCUT2D eigenvalue weighted by Crippen LogP contribution is 2.30. The van der Waals surface area contributed by atoms with Gasteiger partial charge in [0.05, 0.1) is 10.7 Å². The summed E-state index contributed by atoms with van der Waals surface area (Å²) in [6.45, 7) is 1.09. The number of nitrogens with one attached hydrogen (secondary N) is 1. The summed E-state index contributed by atoms with van der Waals surface area (Å²) < 4.78 is 13.6. The molecule has 7 heteroatoms. The van der Waals surface area contributed by atoms with E-state index in [2.05, 4.69) is 5.32 Å². The average Bonchev–Trinajstić information content (AvgIpc) is 3.09. The molecule has 1 fully saturated rings. The molecule has 0 unspecified atom stereocenters. The van der Waals surface area contributed by atoms with Gasteiger partial charge >= 0.3 is 0 Å². The van der Waals surface area contributed by atoms with E-state index in [4.69, 9.17) is 11.6 Å². The second-order valence-corrected chi connectivity index (χ2v) is 7.73. The molecule has 3 rings (SSSR count). The van der Waals surface area contributed by atoms with E-state index in [0.717, 1.165) is 6.42 Å². The van der Waals surface area contributed by atoms with Gasteiger partial charge in [0, 0.05) is 36.6 Å². The minimum Gasteiger partial charge on any atom is -0.351 e.